The van der Waals surface area contributed by atoms with Gasteiger partial charge in [0.15, 0.2) is 6.04 Å². The number of nitrogens with one attached hydrogen (secondary N) is 1. The highest BCUT2D eigenvalue weighted by atomic mass is 32.1. The second-order valence-corrected chi connectivity index (χ2v) is 7.04. The smallest absolute Gasteiger partial charge is 0.277 e. The Balaban J connectivity index is 2.25. The molecule has 0 aliphatic heterocycles. The predicted molar refractivity (Wildman–Crippen MR) is 96.8 cm³/mol. The van der Waals surface area contributed by atoms with E-state index in [9.17, 15) is 4.79 Å². The van der Waals surface area contributed by atoms with E-state index in [1.165, 1.54) is 16.0 Å². The second-order valence-electron chi connectivity index (χ2n) is 6.06. The van der Waals surface area contributed by atoms with Crippen LogP contribution in [0.1, 0.15) is 55.2 Å². The molecule has 1 heterocycles. The monoisotopic (exact) mass is 331 g/mol. The number of likely N-dealkylation sites (N-methyl/N-ethyl adjacent to an activating group) is 1. The predicted octanol–water partition coefficient (Wildman–Crippen LogP) is 3.05. The van der Waals surface area contributed by atoms with Gasteiger partial charge in [0.2, 0.25) is 0 Å². The highest BCUT2D eigenvalue weighted by Crippen LogP contribution is 2.25. The molecule has 0 bridgehead atoms. The van der Waals surface area contributed by atoms with E-state index in [2.05, 4.69) is 66.3 Å². The van der Waals surface area contributed by atoms with Gasteiger partial charge in [0, 0.05) is 12.6 Å². The molecule has 0 aliphatic rings. The number of nitrogens with two attached hydrogens (primary N) is 1. The SMILES string of the molecule is CC[C@@H](C)c1ccc([C@@H]([NH2+][C@@H](C)C(=O)NC)c2cccs2)cc1. The molecule has 2 aromatic rings. The minimum absolute atomic E-state index is 0.0581. The maximum atomic E-state index is 11.9. The van der Waals surface area contributed by atoms with Gasteiger partial charge >= 0.3 is 0 Å². The molecular weight excluding hydrogens is 304 g/mol. The third-order valence-corrected chi connectivity index (χ3v) is 5.42. The van der Waals surface area contributed by atoms with E-state index in [0.29, 0.717) is 5.92 Å². The van der Waals surface area contributed by atoms with Crippen LogP contribution in [0.4, 0.5) is 0 Å². The van der Waals surface area contributed by atoms with Crippen molar-refractivity contribution in [3.8, 4) is 0 Å². The van der Waals surface area contributed by atoms with Gasteiger partial charge in [0.25, 0.3) is 5.91 Å². The van der Waals surface area contributed by atoms with E-state index in [4.69, 9.17) is 0 Å². The van der Waals surface area contributed by atoms with Crippen LogP contribution in [0.2, 0.25) is 0 Å². The highest BCUT2D eigenvalue weighted by molar-refractivity contribution is 7.10. The van der Waals surface area contributed by atoms with Crippen molar-refractivity contribution < 1.29 is 10.1 Å². The summed E-state index contributed by atoms with van der Waals surface area (Å²) in [5.41, 5.74) is 2.62. The summed E-state index contributed by atoms with van der Waals surface area (Å²) in [5.74, 6) is 0.640. The van der Waals surface area contributed by atoms with Gasteiger partial charge in [-0.3, -0.25) is 4.79 Å². The van der Waals surface area contributed by atoms with Crippen molar-refractivity contribution in [2.75, 3.05) is 7.05 Å². The number of benzene rings is 1. The van der Waals surface area contributed by atoms with Gasteiger partial charge in [-0.15, -0.1) is 11.3 Å². The van der Waals surface area contributed by atoms with E-state index in [-0.39, 0.29) is 18.0 Å². The zero-order valence-corrected chi connectivity index (χ0v) is 15.2. The largest absolute Gasteiger partial charge is 0.354 e. The van der Waals surface area contributed by atoms with Crippen LogP contribution >= 0.6 is 11.3 Å². The van der Waals surface area contributed by atoms with Crippen molar-refractivity contribution in [1.82, 2.24) is 5.32 Å². The zero-order valence-electron chi connectivity index (χ0n) is 14.4. The first-order valence-electron chi connectivity index (χ1n) is 8.26. The van der Waals surface area contributed by atoms with Crippen molar-refractivity contribution in [3.05, 3.63) is 57.8 Å². The number of rotatable bonds is 7. The molecule has 3 nitrogen and oxygen atoms in total. The average molecular weight is 332 g/mol. The van der Waals surface area contributed by atoms with E-state index >= 15 is 0 Å². The molecule has 0 radical (unpaired) electrons. The molecular formula is C19H27N2OS+. The average Bonchev–Trinajstić information content (AvgIpc) is 3.12. The number of hydrogen-bond acceptors (Lipinski definition) is 2. The van der Waals surface area contributed by atoms with Crippen LogP contribution in [0.5, 0.6) is 0 Å². The standard InChI is InChI=1S/C19H26N2OS/c1-5-13(2)15-8-10-16(11-9-15)18(17-7-6-12-23-17)21-14(3)19(22)20-4/h6-14,18,21H,5H2,1-4H3,(H,20,22)/p+1/t13-,14+,18-/m1/s1. The van der Waals surface area contributed by atoms with Crippen LogP contribution in [0, 0.1) is 0 Å². The summed E-state index contributed by atoms with van der Waals surface area (Å²) in [6.07, 6.45) is 1.15. The Morgan fingerprint density at radius 1 is 1.17 bits per heavy atom. The van der Waals surface area contributed by atoms with E-state index in [1.54, 1.807) is 18.4 Å². The molecule has 2 rings (SSSR count). The Morgan fingerprint density at radius 3 is 2.35 bits per heavy atom. The molecule has 0 aliphatic carbocycles. The Bertz CT molecular complexity index is 607. The quantitative estimate of drug-likeness (QED) is 0.805. The number of thiophene rings is 1. The summed E-state index contributed by atoms with van der Waals surface area (Å²) in [4.78, 5) is 13.2. The van der Waals surface area contributed by atoms with Gasteiger partial charge in [-0.2, -0.15) is 0 Å². The van der Waals surface area contributed by atoms with Crippen molar-refractivity contribution in [3.63, 3.8) is 0 Å². The van der Waals surface area contributed by atoms with Crippen LogP contribution in [-0.4, -0.2) is 19.0 Å². The van der Waals surface area contributed by atoms with Crippen LogP contribution in [0.15, 0.2) is 41.8 Å². The molecule has 4 heteroatoms. The van der Waals surface area contributed by atoms with Gasteiger partial charge < -0.3 is 10.6 Å². The van der Waals surface area contributed by atoms with Crippen molar-refractivity contribution >= 4 is 17.2 Å². The van der Waals surface area contributed by atoms with E-state index in [1.807, 2.05) is 6.92 Å². The Hall–Kier alpha value is -1.65. The minimum Gasteiger partial charge on any atom is -0.354 e. The zero-order chi connectivity index (χ0) is 16.8. The minimum atomic E-state index is -0.124. The lowest BCUT2D eigenvalue weighted by atomic mass is 9.95. The third kappa shape index (κ3) is 4.43. The molecule has 1 aromatic carbocycles. The fourth-order valence-electron chi connectivity index (χ4n) is 2.71. The maximum absolute atomic E-state index is 11.9. The molecule has 0 saturated carbocycles. The van der Waals surface area contributed by atoms with E-state index < -0.39 is 0 Å². The van der Waals surface area contributed by atoms with Gasteiger partial charge in [-0.25, -0.2) is 0 Å². The molecule has 0 fully saturated rings. The number of hydrogen-bond donors (Lipinski definition) is 2. The molecule has 1 aromatic heterocycles. The molecule has 3 N–H and O–H groups in total. The maximum Gasteiger partial charge on any atom is 0.277 e. The summed E-state index contributed by atoms with van der Waals surface area (Å²) >= 11 is 1.74. The molecule has 124 valence electrons. The first-order chi connectivity index (χ1) is 11.1. The van der Waals surface area contributed by atoms with E-state index in [0.717, 1.165) is 6.42 Å². The first kappa shape index (κ1) is 17.7. The molecule has 23 heavy (non-hydrogen) atoms. The lowest BCUT2D eigenvalue weighted by molar-refractivity contribution is -0.704. The fourth-order valence-corrected chi connectivity index (χ4v) is 3.54. The number of carbonyl (C=O) groups is 1. The number of carbonyl (C=O) groups excluding carboxylic acids is 1. The molecule has 0 saturated heterocycles. The Labute approximate surface area is 143 Å². The van der Waals surface area contributed by atoms with Gasteiger partial charge in [-0.05, 0) is 36.3 Å². The third-order valence-electron chi connectivity index (χ3n) is 4.47. The Kier molecular flexibility index (Phi) is 6.37. The van der Waals surface area contributed by atoms with Gasteiger partial charge in [0.1, 0.15) is 6.04 Å². The second kappa shape index (κ2) is 8.27. The summed E-state index contributed by atoms with van der Waals surface area (Å²) < 4.78 is 0. The van der Waals surface area contributed by atoms with Crippen molar-refractivity contribution in [1.29, 1.82) is 0 Å². The van der Waals surface area contributed by atoms with Gasteiger partial charge in [-0.1, -0.05) is 44.2 Å². The summed E-state index contributed by atoms with van der Waals surface area (Å²) in [5, 5.41) is 6.97. The van der Waals surface area contributed by atoms with Gasteiger partial charge in [0.05, 0.1) is 4.88 Å². The summed E-state index contributed by atoms with van der Waals surface area (Å²) in [6.45, 7) is 6.42. The Morgan fingerprint density at radius 2 is 1.83 bits per heavy atom. The lowest BCUT2D eigenvalue weighted by Crippen LogP contribution is -2.92. The van der Waals surface area contributed by atoms with Crippen LogP contribution in [0.3, 0.4) is 0 Å². The van der Waals surface area contributed by atoms with Crippen molar-refractivity contribution in [2.24, 2.45) is 0 Å². The van der Waals surface area contributed by atoms with Crippen molar-refractivity contribution in [2.45, 2.75) is 45.2 Å². The fraction of sp³-hybridized carbons (Fsp3) is 0.421. The number of amides is 1. The molecule has 3 atom stereocenters. The van der Waals surface area contributed by atoms with Crippen LogP contribution in [-0.2, 0) is 4.79 Å². The molecule has 0 spiro atoms. The number of quaternary nitrogens is 1. The first-order valence-corrected chi connectivity index (χ1v) is 9.14. The molecule has 1 amide bonds. The highest BCUT2D eigenvalue weighted by Gasteiger charge is 2.25. The summed E-state index contributed by atoms with van der Waals surface area (Å²) in [6, 6.07) is 13.1. The molecule has 0 unspecified atom stereocenters. The van der Waals surface area contributed by atoms with Crippen LogP contribution in [0.25, 0.3) is 0 Å². The topological polar surface area (TPSA) is 45.7 Å². The lowest BCUT2D eigenvalue weighted by Gasteiger charge is -2.19. The summed E-state index contributed by atoms with van der Waals surface area (Å²) in [7, 11) is 1.69. The normalized spacial score (nSPS) is 15.0. The van der Waals surface area contributed by atoms with Crippen LogP contribution < -0.4 is 10.6 Å².